The molecule has 5 aromatic rings. The van der Waals surface area contributed by atoms with Crippen LogP contribution in [0.3, 0.4) is 0 Å². The number of benzene rings is 3. The Morgan fingerprint density at radius 1 is 0.939 bits per heavy atom. The van der Waals surface area contributed by atoms with E-state index in [-0.39, 0.29) is 33.6 Å². The second kappa shape index (κ2) is 7.31. The van der Waals surface area contributed by atoms with Gasteiger partial charge in [0.15, 0.2) is 17.3 Å². The third kappa shape index (κ3) is 3.35. The van der Waals surface area contributed by atoms with Gasteiger partial charge in [0.1, 0.15) is 22.5 Å². The first-order valence-corrected chi connectivity index (χ1v) is 9.52. The lowest BCUT2D eigenvalue weighted by Crippen LogP contribution is -2.16. The zero-order chi connectivity index (χ0) is 23.3. The summed E-state index contributed by atoms with van der Waals surface area (Å²) in [5, 5.41) is 46.5. The minimum Gasteiger partial charge on any atom is -0.508 e. The Morgan fingerprint density at radius 2 is 1.76 bits per heavy atom. The standard InChI is InChI=1S/C23H14N2O8/c26-13-7-17(29)19-18(8-13)32-21(10-2-4-15(27)16(28)6-10)22(20(19)30)33-23(31)11-1-3-14-12(5-11)9-24-25-14/h1-9,26-29H,(H,24,25). The van der Waals surface area contributed by atoms with Gasteiger partial charge in [-0.15, -0.1) is 0 Å². The van der Waals surface area contributed by atoms with E-state index in [1.807, 2.05) is 0 Å². The van der Waals surface area contributed by atoms with Crippen molar-refractivity contribution in [3.05, 3.63) is 70.5 Å². The van der Waals surface area contributed by atoms with E-state index in [0.29, 0.717) is 10.9 Å². The van der Waals surface area contributed by atoms with Crippen LogP contribution in [-0.2, 0) is 0 Å². The maximum absolute atomic E-state index is 13.2. The van der Waals surface area contributed by atoms with Gasteiger partial charge in [0.25, 0.3) is 0 Å². The van der Waals surface area contributed by atoms with Crippen molar-refractivity contribution >= 4 is 27.8 Å². The zero-order valence-corrected chi connectivity index (χ0v) is 16.6. The van der Waals surface area contributed by atoms with E-state index in [1.165, 1.54) is 24.4 Å². The fraction of sp³-hybridized carbons (Fsp3) is 0. The maximum atomic E-state index is 13.2. The number of aromatic amines is 1. The van der Waals surface area contributed by atoms with Crippen molar-refractivity contribution in [1.82, 2.24) is 10.2 Å². The lowest BCUT2D eigenvalue weighted by Gasteiger charge is -2.12. The number of aromatic hydroxyl groups is 4. The van der Waals surface area contributed by atoms with Gasteiger partial charge in [0.05, 0.1) is 17.3 Å². The number of nitrogens with zero attached hydrogens (tertiary/aromatic N) is 1. The van der Waals surface area contributed by atoms with E-state index in [4.69, 9.17) is 9.15 Å². The molecule has 0 aliphatic carbocycles. The molecule has 33 heavy (non-hydrogen) atoms. The molecule has 0 amide bonds. The fourth-order valence-electron chi connectivity index (χ4n) is 3.44. The van der Waals surface area contributed by atoms with Gasteiger partial charge in [-0.3, -0.25) is 9.89 Å². The molecule has 10 heteroatoms. The molecule has 0 aliphatic rings. The average molecular weight is 446 g/mol. The Balaban J connectivity index is 1.71. The molecule has 0 unspecified atom stereocenters. The van der Waals surface area contributed by atoms with Gasteiger partial charge in [0, 0.05) is 23.1 Å². The van der Waals surface area contributed by atoms with Crippen LogP contribution < -0.4 is 10.2 Å². The smallest absolute Gasteiger partial charge is 0.343 e. The molecule has 2 heterocycles. The Hall–Kier alpha value is -4.99. The van der Waals surface area contributed by atoms with E-state index < -0.39 is 34.4 Å². The van der Waals surface area contributed by atoms with Crippen LogP contribution in [-0.4, -0.2) is 36.6 Å². The summed E-state index contributed by atoms with van der Waals surface area (Å²) >= 11 is 0. The van der Waals surface area contributed by atoms with Gasteiger partial charge in [-0.05, 0) is 36.4 Å². The number of nitrogens with one attached hydrogen (secondary N) is 1. The number of H-pyrrole nitrogens is 1. The molecular formula is C23H14N2O8. The van der Waals surface area contributed by atoms with Gasteiger partial charge < -0.3 is 29.6 Å². The predicted octanol–water partition coefficient (Wildman–Crippen LogP) is 3.38. The SMILES string of the molecule is O=C(Oc1c(-c2ccc(O)c(O)c2)oc2cc(O)cc(O)c2c1=O)c1ccc2[nH]ncc2c1. The molecule has 5 rings (SSSR count). The number of carbonyl (C=O) groups is 1. The summed E-state index contributed by atoms with van der Waals surface area (Å²) in [6.07, 6.45) is 1.52. The summed E-state index contributed by atoms with van der Waals surface area (Å²) in [7, 11) is 0. The third-order valence-corrected chi connectivity index (χ3v) is 5.03. The highest BCUT2D eigenvalue weighted by Gasteiger charge is 2.24. The van der Waals surface area contributed by atoms with Crippen molar-refractivity contribution < 1.29 is 34.4 Å². The number of hydrogen-bond donors (Lipinski definition) is 5. The quantitative estimate of drug-likeness (QED) is 0.206. The minimum atomic E-state index is -0.882. The molecule has 10 nitrogen and oxygen atoms in total. The summed E-state index contributed by atoms with van der Waals surface area (Å²) in [4.78, 5) is 26.1. The van der Waals surface area contributed by atoms with Gasteiger partial charge >= 0.3 is 5.97 Å². The first-order valence-electron chi connectivity index (χ1n) is 9.52. The lowest BCUT2D eigenvalue weighted by atomic mass is 10.1. The van der Waals surface area contributed by atoms with E-state index in [9.17, 15) is 30.0 Å². The molecule has 0 spiro atoms. The van der Waals surface area contributed by atoms with Crippen molar-refractivity contribution in [3.8, 4) is 40.1 Å². The Bertz CT molecular complexity index is 1630. The summed E-state index contributed by atoms with van der Waals surface area (Å²) in [6.45, 7) is 0. The first kappa shape index (κ1) is 19.9. The Labute approximate surface area is 183 Å². The number of ether oxygens (including phenoxy) is 1. The minimum absolute atomic E-state index is 0.0974. The summed E-state index contributed by atoms with van der Waals surface area (Å²) in [6, 6.07) is 10.3. The number of rotatable bonds is 3. The fourth-order valence-corrected chi connectivity index (χ4v) is 3.44. The van der Waals surface area contributed by atoms with Crippen molar-refractivity contribution in [2.75, 3.05) is 0 Å². The van der Waals surface area contributed by atoms with Crippen molar-refractivity contribution in [1.29, 1.82) is 0 Å². The highest BCUT2D eigenvalue weighted by atomic mass is 16.5. The monoisotopic (exact) mass is 446 g/mol. The normalized spacial score (nSPS) is 11.2. The molecule has 0 saturated carbocycles. The molecular weight excluding hydrogens is 432 g/mol. The van der Waals surface area contributed by atoms with E-state index in [1.54, 1.807) is 6.07 Å². The second-order valence-corrected chi connectivity index (χ2v) is 7.19. The molecule has 0 aliphatic heterocycles. The number of phenols is 4. The molecule has 0 radical (unpaired) electrons. The van der Waals surface area contributed by atoms with Gasteiger partial charge in [0.2, 0.25) is 11.2 Å². The van der Waals surface area contributed by atoms with Crippen molar-refractivity contribution in [2.45, 2.75) is 0 Å². The number of carbonyl (C=O) groups excluding carboxylic acids is 1. The number of aromatic nitrogens is 2. The molecule has 164 valence electrons. The molecule has 0 fully saturated rings. The lowest BCUT2D eigenvalue weighted by molar-refractivity contribution is 0.0731. The number of hydrogen-bond acceptors (Lipinski definition) is 9. The number of fused-ring (bicyclic) bond motifs is 2. The Morgan fingerprint density at radius 3 is 2.55 bits per heavy atom. The summed E-state index contributed by atoms with van der Waals surface area (Å²) < 4.78 is 11.1. The van der Waals surface area contributed by atoms with Crippen LogP contribution in [0.4, 0.5) is 0 Å². The van der Waals surface area contributed by atoms with Crippen LogP contribution in [0.1, 0.15) is 10.4 Å². The van der Waals surface area contributed by atoms with Crippen LogP contribution in [0.2, 0.25) is 0 Å². The number of phenolic OH excluding ortho intramolecular Hbond substituents is 4. The summed E-state index contributed by atoms with van der Waals surface area (Å²) in [5.41, 5.74) is -0.145. The molecule has 0 bridgehead atoms. The zero-order valence-electron chi connectivity index (χ0n) is 16.6. The largest absolute Gasteiger partial charge is 0.508 e. The predicted molar refractivity (Wildman–Crippen MR) is 116 cm³/mol. The molecule has 0 saturated heterocycles. The van der Waals surface area contributed by atoms with E-state index >= 15 is 0 Å². The van der Waals surface area contributed by atoms with Gasteiger partial charge in [-0.1, -0.05) is 0 Å². The second-order valence-electron chi connectivity index (χ2n) is 7.19. The highest BCUT2D eigenvalue weighted by Crippen LogP contribution is 2.38. The Kier molecular flexibility index (Phi) is 4.42. The van der Waals surface area contributed by atoms with Crippen LogP contribution >= 0.6 is 0 Å². The topological polar surface area (TPSA) is 166 Å². The third-order valence-electron chi connectivity index (χ3n) is 5.03. The maximum Gasteiger partial charge on any atom is 0.343 e. The van der Waals surface area contributed by atoms with Crippen molar-refractivity contribution in [3.63, 3.8) is 0 Å². The van der Waals surface area contributed by atoms with Crippen LogP contribution in [0.5, 0.6) is 28.7 Å². The van der Waals surface area contributed by atoms with E-state index in [0.717, 1.165) is 24.3 Å². The van der Waals surface area contributed by atoms with Crippen LogP contribution in [0.25, 0.3) is 33.2 Å². The van der Waals surface area contributed by atoms with Gasteiger partial charge in [-0.25, -0.2) is 4.79 Å². The molecule has 5 N–H and O–H groups in total. The highest BCUT2D eigenvalue weighted by molar-refractivity contribution is 5.97. The first-order chi connectivity index (χ1) is 15.8. The van der Waals surface area contributed by atoms with Crippen LogP contribution in [0, 0.1) is 0 Å². The van der Waals surface area contributed by atoms with E-state index in [2.05, 4.69) is 10.2 Å². The van der Waals surface area contributed by atoms with Crippen molar-refractivity contribution in [2.24, 2.45) is 0 Å². The molecule has 3 aromatic carbocycles. The van der Waals surface area contributed by atoms with Crippen LogP contribution in [0.15, 0.2) is 63.9 Å². The summed E-state index contributed by atoms with van der Waals surface area (Å²) in [5.74, 6) is -3.54. The average Bonchev–Trinajstić information content (AvgIpc) is 3.24. The van der Waals surface area contributed by atoms with Gasteiger partial charge in [-0.2, -0.15) is 5.10 Å². The number of esters is 1. The molecule has 0 atom stereocenters. The molecule has 2 aromatic heterocycles.